The normalized spacial score (nSPS) is 12.3. The summed E-state index contributed by atoms with van der Waals surface area (Å²) in [6, 6.07) is 5.64. The number of halogens is 1. The number of amidine groups is 1. The third-order valence-electron chi connectivity index (χ3n) is 2.24. The Kier molecular flexibility index (Phi) is 2.40. The molecule has 0 saturated heterocycles. The van der Waals surface area contributed by atoms with Crippen molar-refractivity contribution in [3.8, 4) is 0 Å². The molecule has 0 aliphatic carbocycles. The monoisotopic (exact) mass is 268 g/mol. The molecule has 1 aromatic heterocycles. The van der Waals surface area contributed by atoms with Crippen molar-refractivity contribution >= 4 is 32.7 Å². The van der Waals surface area contributed by atoms with Gasteiger partial charge < -0.3 is 15.4 Å². The molecule has 2 aromatic rings. The summed E-state index contributed by atoms with van der Waals surface area (Å²) >= 11 is 3.38. The highest BCUT2D eigenvalue weighted by Gasteiger charge is 2.13. The number of furan rings is 1. The number of hydrogen-bond acceptors (Lipinski definition) is 3. The number of fused-ring (bicyclic) bond motifs is 1. The zero-order chi connectivity index (χ0) is 11.0. The topological polar surface area (TPSA) is 71.8 Å². The van der Waals surface area contributed by atoms with Crippen LogP contribution in [0.1, 0.15) is 11.3 Å². The van der Waals surface area contributed by atoms with Crippen LogP contribution in [0.2, 0.25) is 0 Å². The third-order valence-corrected chi connectivity index (χ3v) is 2.73. The van der Waals surface area contributed by atoms with Crippen LogP contribution in [0.3, 0.4) is 0 Å². The van der Waals surface area contributed by atoms with Crippen molar-refractivity contribution in [3.05, 3.63) is 34.0 Å². The Morgan fingerprint density at radius 2 is 2.27 bits per heavy atom. The summed E-state index contributed by atoms with van der Waals surface area (Å²) in [6.45, 7) is 1.87. The third kappa shape index (κ3) is 1.59. The molecule has 0 radical (unpaired) electrons. The smallest absolute Gasteiger partial charge is 0.206 e. The van der Waals surface area contributed by atoms with Crippen molar-refractivity contribution in [2.45, 2.75) is 6.92 Å². The summed E-state index contributed by atoms with van der Waals surface area (Å²) in [4.78, 5) is 0. The number of hydrogen-bond donors (Lipinski definition) is 2. The van der Waals surface area contributed by atoms with E-state index >= 15 is 0 Å². The van der Waals surface area contributed by atoms with Gasteiger partial charge in [-0.2, -0.15) is 0 Å². The van der Waals surface area contributed by atoms with Gasteiger partial charge in [-0.1, -0.05) is 21.1 Å². The Morgan fingerprint density at radius 3 is 2.93 bits per heavy atom. The first kappa shape index (κ1) is 10.0. The number of nitrogens with two attached hydrogens (primary N) is 1. The van der Waals surface area contributed by atoms with E-state index in [1.807, 2.05) is 25.1 Å². The Labute approximate surface area is 94.5 Å². The van der Waals surface area contributed by atoms with Crippen molar-refractivity contribution in [2.75, 3.05) is 0 Å². The molecule has 0 aliphatic rings. The first-order valence-corrected chi connectivity index (χ1v) is 5.09. The van der Waals surface area contributed by atoms with Crippen LogP contribution < -0.4 is 5.73 Å². The predicted molar refractivity (Wildman–Crippen MR) is 61.2 cm³/mol. The molecule has 0 atom stereocenters. The van der Waals surface area contributed by atoms with Gasteiger partial charge in [-0.05, 0) is 25.1 Å². The van der Waals surface area contributed by atoms with Crippen molar-refractivity contribution in [1.29, 1.82) is 0 Å². The maximum atomic E-state index is 8.59. The molecule has 5 heteroatoms. The van der Waals surface area contributed by atoms with E-state index in [1.54, 1.807) is 0 Å². The Bertz CT molecular complexity index is 546. The molecule has 1 aromatic carbocycles. The summed E-state index contributed by atoms with van der Waals surface area (Å²) < 4.78 is 6.43. The minimum Gasteiger partial charge on any atom is -0.452 e. The summed E-state index contributed by atoms with van der Waals surface area (Å²) in [5, 5.41) is 12.5. The second-order valence-electron chi connectivity index (χ2n) is 3.18. The van der Waals surface area contributed by atoms with Gasteiger partial charge in [0.15, 0.2) is 5.76 Å². The van der Waals surface area contributed by atoms with Gasteiger partial charge in [0.05, 0.1) is 0 Å². The van der Waals surface area contributed by atoms with Gasteiger partial charge in [-0.25, -0.2) is 0 Å². The molecule has 1 heterocycles. The molecule has 0 spiro atoms. The summed E-state index contributed by atoms with van der Waals surface area (Å²) in [5.74, 6) is 0.394. The molecular weight excluding hydrogens is 260 g/mol. The Hall–Kier alpha value is -1.49. The van der Waals surface area contributed by atoms with E-state index in [4.69, 9.17) is 15.4 Å². The molecule has 0 bridgehead atoms. The molecule has 2 rings (SSSR count). The standard InChI is InChI=1S/C10H9BrN2O2/c1-5-7-4-6(11)2-3-8(7)15-9(5)10(12)13-14/h2-4,14H,1H3,(H2,12,13). The number of nitrogens with zero attached hydrogens (tertiary/aromatic N) is 1. The fourth-order valence-electron chi connectivity index (χ4n) is 1.48. The molecule has 0 fully saturated rings. The van der Waals surface area contributed by atoms with Gasteiger partial charge in [0.1, 0.15) is 5.58 Å². The van der Waals surface area contributed by atoms with E-state index in [-0.39, 0.29) is 5.84 Å². The molecule has 0 unspecified atom stereocenters. The molecule has 3 N–H and O–H groups in total. The van der Waals surface area contributed by atoms with Crippen LogP contribution in [0.5, 0.6) is 0 Å². The molecule has 0 aliphatic heterocycles. The Morgan fingerprint density at radius 1 is 1.53 bits per heavy atom. The second kappa shape index (κ2) is 3.58. The minimum absolute atomic E-state index is 0.0141. The SMILES string of the molecule is Cc1c(C(N)=NO)oc2ccc(Br)cc12. The zero-order valence-corrected chi connectivity index (χ0v) is 9.58. The summed E-state index contributed by atoms with van der Waals surface area (Å²) in [5.41, 5.74) is 7.07. The van der Waals surface area contributed by atoms with Crippen molar-refractivity contribution < 1.29 is 9.62 Å². The van der Waals surface area contributed by atoms with Crippen LogP contribution in [0.25, 0.3) is 11.0 Å². The van der Waals surface area contributed by atoms with Crippen molar-refractivity contribution in [3.63, 3.8) is 0 Å². The zero-order valence-electron chi connectivity index (χ0n) is 7.99. The van der Waals surface area contributed by atoms with Crippen LogP contribution >= 0.6 is 15.9 Å². The highest BCUT2D eigenvalue weighted by Crippen LogP contribution is 2.27. The minimum atomic E-state index is -0.0141. The number of rotatable bonds is 1. The molecule has 78 valence electrons. The van der Waals surface area contributed by atoms with Gasteiger partial charge in [-0.15, -0.1) is 0 Å². The highest BCUT2D eigenvalue weighted by atomic mass is 79.9. The lowest BCUT2D eigenvalue weighted by Gasteiger charge is -1.93. The molecule has 0 amide bonds. The second-order valence-corrected chi connectivity index (χ2v) is 4.10. The maximum Gasteiger partial charge on any atom is 0.206 e. The lowest BCUT2D eigenvalue weighted by Crippen LogP contribution is -2.13. The number of benzene rings is 1. The lowest BCUT2D eigenvalue weighted by atomic mass is 10.1. The van der Waals surface area contributed by atoms with E-state index in [2.05, 4.69) is 21.1 Å². The van der Waals surface area contributed by atoms with E-state index in [1.165, 1.54) is 0 Å². The van der Waals surface area contributed by atoms with Gasteiger partial charge >= 0.3 is 0 Å². The maximum absolute atomic E-state index is 8.59. The average molecular weight is 269 g/mol. The quantitative estimate of drug-likeness (QED) is 0.362. The van der Waals surface area contributed by atoms with Crippen LogP contribution in [-0.4, -0.2) is 11.0 Å². The highest BCUT2D eigenvalue weighted by molar-refractivity contribution is 9.10. The predicted octanol–water partition coefficient (Wildman–Crippen LogP) is 2.60. The van der Waals surface area contributed by atoms with E-state index in [0.717, 1.165) is 21.0 Å². The van der Waals surface area contributed by atoms with Crippen molar-refractivity contribution in [2.24, 2.45) is 10.9 Å². The molecule has 0 saturated carbocycles. The van der Waals surface area contributed by atoms with Gasteiger partial charge in [0.25, 0.3) is 0 Å². The fourth-order valence-corrected chi connectivity index (χ4v) is 1.84. The molecule has 15 heavy (non-hydrogen) atoms. The van der Waals surface area contributed by atoms with Gasteiger partial charge in [0, 0.05) is 15.4 Å². The van der Waals surface area contributed by atoms with Crippen LogP contribution in [-0.2, 0) is 0 Å². The molecular formula is C10H9BrN2O2. The molecule has 4 nitrogen and oxygen atoms in total. The first-order chi connectivity index (χ1) is 7.13. The average Bonchev–Trinajstić information content (AvgIpc) is 2.55. The Balaban J connectivity index is 2.75. The van der Waals surface area contributed by atoms with E-state index < -0.39 is 0 Å². The van der Waals surface area contributed by atoms with Gasteiger partial charge in [-0.3, -0.25) is 0 Å². The van der Waals surface area contributed by atoms with Crippen LogP contribution in [0.15, 0.2) is 32.2 Å². The first-order valence-electron chi connectivity index (χ1n) is 4.30. The van der Waals surface area contributed by atoms with Gasteiger partial charge in [0.2, 0.25) is 5.84 Å². The summed E-state index contributed by atoms with van der Waals surface area (Å²) in [6.07, 6.45) is 0. The van der Waals surface area contributed by atoms with Crippen LogP contribution in [0.4, 0.5) is 0 Å². The van der Waals surface area contributed by atoms with E-state index in [0.29, 0.717) is 5.76 Å². The van der Waals surface area contributed by atoms with E-state index in [9.17, 15) is 0 Å². The van der Waals surface area contributed by atoms with Crippen molar-refractivity contribution in [1.82, 2.24) is 0 Å². The summed E-state index contributed by atoms with van der Waals surface area (Å²) in [7, 11) is 0. The largest absolute Gasteiger partial charge is 0.452 e. The fraction of sp³-hybridized carbons (Fsp3) is 0.100. The number of aryl methyl sites for hydroxylation is 1. The van der Waals surface area contributed by atoms with Crippen LogP contribution in [0, 0.1) is 6.92 Å². The lowest BCUT2D eigenvalue weighted by molar-refractivity contribution is 0.317. The number of oxime groups is 1.